The van der Waals surface area contributed by atoms with E-state index in [0.717, 1.165) is 38.7 Å². The summed E-state index contributed by atoms with van der Waals surface area (Å²) in [5.41, 5.74) is 0. The van der Waals surface area contributed by atoms with Gasteiger partial charge in [-0.2, -0.15) is 0 Å². The first-order valence-electron chi connectivity index (χ1n) is 6.49. The van der Waals surface area contributed by atoms with Crippen LogP contribution in [-0.2, 0) is 14.3 Å². The molecule has 0 aromatic rings. The average molecular weight is 226 g/mol. The fraction of sp³-hybridized carbons (Fsp3) is 0.923. The molecule has 0 aromatic carbocycles. The summed E-state index contributed by atoms with van der Waals surface area (Å²) >= 11 is 0. The molecular weight excluding hydrogens is 204 g/mol. The number of hydrogen-bond acceptors (Lipinski definition) is 3. The molecule has 0 radical (unpaired) electrons. The summed E-state index contributed by atoms with van der Waals surface area (Å²) in [5.74, 6) is 1.18. The van der Waals surface area contributed by atoms with Gasteiger partial charge in [-0.3, -0.25) is 4.79 Å². The molecule has 2 aliphatic rings. The first kappa shape index (κ1) is 11.9. The lowest BCUT2D eigenvalue weighted by atomic mass is 9.98. The summed E-state index contributed by atoms with van der Waals surface area (Å²) < 4.78 is 10.9. The topological polar surface area (TPSA) is 35.5 Å². The van der Waals surface area contributed by atoms with Crippen molar-refractivity contribution in [2.24, 2.45) is 17.8 Å². The number of rotatable bonds is 2. The monoisotopic (exact) mass is 226 g/mol. The van der Waals surface area contributed by atoms with Crippen LogP contribution in [-0.4, -0.2) is 18.9 Å². The summed E-state index contributed by atoms with van der Waals surface area (Å²) in [6.07, 6.45) is 4.91. The number of ether oxygens (including phenoxy) is 2. The number of hydrogen-bond donors (Lipinski definition) is 0. The molecule has 0 spiro atoms. The normalized spacial score (nSPS) is 39.6. The van der Waals surface area contributed by atoms with Crippen molar-refractivity contribution in [3.8, 4) is 0 Å². The number of esters is 1. The average Bonchev–Trinajstić information content (AvgIpc) is 2.59. The van der Waals surface area contributed by atoms with Crippen molar-refractivity contribution in [3.63, 3.8) is 0 Å². The van der Waals surface area contributed by atoms with Gasteiger partial charge >= 0.3 is 5.97 Å². The third kappa shape index (κ3) is 2.76. The summed E-state index contributed by atoms with van der Waals surface area (Å²) in [7, 11) is 0. The maximum Gasteiger partial charge on any atom is 0.311 e. The first-order chi connectivity index (χ1) is 7.66. The van der Waals surface area contributed by atoms with Crippen LogP contribution < -0.4 is 0 Å². The molecular formula is C13H22O3. The lowest BCUT2D eigenvalue weighted by Gasteiger charge is -2.24. The van der Waals surface area contributed by atoms with Gasteiger partial charge in [0.2, 0.25) is 6.29 Å². The van der Waals surface area contributed by atoms with E-state index < -0.39 is 0 Å². The second-order valence-electron chi connectivity index (χ2n) is 5.39. The summed E-state index contributed by atoms with van der Waals surface area (Å²) in [6.45, 7) is 5.09. The molecule has 0 bridgehead atoms. The van der Waals surface area contributed by atoms with Crippen LogP contribution in [0.1, 0.15) is 46.0 Å². The zero-order valence-corrected chi connectivity index (χ0v) is 10.3. The van der Waals surface area contributed by atoms with Gasteiger partial charge < -0.3 is 9.47 Å². The van der Waals surface area contributed by atoms with Gasteiger partial charge in [-0.15, -0.1) is 0 Å². The summed E-state index contributed by atoms with van der Waals surface area (Å²) in [5, 5.41) is 0. The van der Waals surface area contributed by atoms with E-state index in [0.29, 0.717) is 11.8 Å². The Bertz CT molecular complexity index is 246. The van der Waals surface area contributed by atoms with Gasteiger partial charge in [-0.1, -0.05) is 13.8 Å². The molecule has 92 valence electrons. The van der Waals surface area contributed by atoms with Crippen LogP contribution >= 0.6 is 0 Å². The van der Waals surface area contributed by atoms with Gasteiger partial charge in [0.05, 0.1) is 12.5 Å². The molecule has 0 aromatic heterocycles. The molecule has 0 amide bonds. The summed E-state index contributed by atoms with van der Waals surface area (Å²) in [4.78, 5) is 12.0. The maximum atomic E-state index is 12.0. The lowest BCUT2D eigenvalue weighted by Crippen LogP contribution is -2.29. The molecule has 4 unspecified atom stereocenters. The Hall–Kier alpha value is -0.570. The Kier molecular flexibility index (Phi) is 3.85. The van der Waals surface area contributed by atoms with Gasteiger partial charge in [0, 0.05) is 6.42 Å². The van der Waals surface area contributed by atoms with E-state index in [-0.39, 0.29) is 18.2 Å². The van der Waals surface area contributed by atoms with Crippen LogP contribution in [0.4, 0.5) is 0 Å². The molecule has 1 saturated heterocycles. The fourth-order valence-electron chi connectivity index (χ4n) is 2.91. The minimum absolute atomic E-state index is 0.0382. The first-order valence-corrected chi connectivity index (χ1v) is 6.49. The SMILES string of the molecule is CC1CC(C)C(C(=O)OC2CCCCO2)C1. The second kappa shape index (κ2) is 5.17. The Morgan fingerprint density at radius 3 is 2.62 bits per heavy atom. The molecule has 4 atom stereocenters. The van der Waals surface area contributed by atoms with E-state index in [4.69, 9.17) is 9.47 Å². The molecule has 2 fully saturated rings. The summed E-state index contributed by atoms with van der Waals surface area (Å²) in [6, 6.07) is 0. The minimum atomic E-state index is -0.274. The molecule has 0 N–H and O–H groups in total. The minimum Gasteiger partial charge on any atom is -0.436 e. The van der Waals surface area contributed by atoms with E-state index in [1.807, 2.05) is 0 Å². The highest BCUT2D eigenvalue weighted by Crippen LogP contribution is 2.36. The van der Waals surface area contributed by atoms with Crippen molar-refractivity contribution >= 4 is 5.97 Å². The van der Waals surface area contributed by atoms with Crippen molar-refractivity contribution in [2.75, 3.05) is 6.61 Å². The second-order valence-corrected chi connectivity index (χ2v) is 5.39. The standard InChI is InChI=1S/C13H22O3/c1-9-7-10(2)11(8-9)13(14)16-12-5-3-4-6-15-12/h9-12H,3-8H2,1-2H3. The maximum absolute atomic E-state index is 12.0. The van der Waals surface area contributed by atoms with Gasteiger partial charge in [-0.05, 0) is 37.5 Å². The van der Waals surface area contributed by atoms with E-state index in [9.17, 15) is 4.79 Å². The van der Waals surface area contributed by atoms with E-state index in [2.05, 4.69) is 13.8 Å². The third-order valence-electron chi connectivity index (χ3n) is 3.81. The Morgan fingerprint density at radius 1 is 1.25 bits per heavy atom. The van der Waals surface area contributed by atoms with Gasteiger partial charge in [0.15, 0.2) is 0 Å². The Balaban J connectivity index is 1.82. The fourth-order valence-corrected chi connectivity index (χ4v) is 2.91. The van der Waals surface area contributed by atoms with Crippen molar-refractivity contribution < 1.29 is 14.3 Å². The van der Waals surface area contributed by atoms with Crippen molar-refractivity contribution in [1.29, 1.82) is 0 Å². The van der Waals surface area contributed by atoms with Crippen LogP contribution in [0, 0.1) is 17.8 Å². The lowest BCUT2D eigenvalue weighted by molar-refractivity contribution is -0.192. The van der Waals surface area contributed by atoms with Crippen molar-refractivity contribution in [3.05, 3.63) is 0 Å². The largest absolute Gasteiger partial charge is 0.436 e. The van der Waals surface area contributed by atoms with E-state index in [1.54, 1.807) is 0 Å². The quantitative estimate of drug-likeness (QED) is 0.679. The predicted molar refractivity (Wildman–Crippen MR) is 60.7 cm³/mol. The molecule has 1 heterocycles. The molecule has 1 aliphatic carbocycles. The highest BCUT2D eigenvalue weighted by molar-refractivity contribution is 5.73. The van der Waals surface area contributed by atoms with Gasteiger partial charge in [-0.25, -0.2) is 0 Å². The third-order valence-corrected chi connectivity index (χ3v) is 3.81. The van der Waals surface area contributed by atoms with Crippen LogP contribution in [0.15, 0.2) is 0 Å². The van der Waals surface area contributed by atoms with Crippen LogP contribution in [0.2, 0.25) is 0 Å². The molecule has 3 heteroatoms. The molecule has 2 rings (SSSR count). The van der Waals surface area contributed by atoms with Crippen LogP contribution in [0.25, 0.3) is 0 Å². The Labute approximate surface area is 97.5 Å². The number of carbonyl (C=O) groups excluding carboxylic acids is 1. The highest BCUT2D eigenvalue weighted by Gasteiger charge is 2.36. The zero-order valence-electron chi connectivity index (χ0n) is 10.3. The van der Waals surface area contributed by atoms with Gasteiger partial charge in [0.1, 0.15) is 0 Å². The van der Waals surface area contributed by atoms with E-state index >= 15 is 0 Å². The smallest absolute Gasteiger partial charge is 0.311 e. The van der Waals surface area contributed by atoms with Crippen molar-refractivity contribution in [2.45, 2.75) is 52.2 Å². The van der Waals surface area contributed by atoms with Crippen molar-refractivity contribution in [1.82, 2.24) is 0 Å². The molecule has 16 heavy (non-hydrogen) atoms. The van der Waals surface area contributed by atoms with E-state index in [1.165, 1.54) is 0 Å². The molecule has 1 saturated carbocycles. The van der Waals surface area contributed by atoms with Crippen LogP contribution in [0.3, 0.4) is 0 Å². The number of carbonyl (C=O) groups is 1. The Morgan fingerprint density at radius 2 is 2.06 bits per heavy atom. The molecule has 1 aliphatic heterocycles. The predicted octanol–water partition coefficient (Wildman–Crippen LogP) is 2.74. The zero-order chi connectivity index (χ0) is 11.5. The van der Waals surface area contributed by atoms with Crippen LogP contribution in [0.5, 0.6) is 0 Å². The molecule has 3 nitrogen and oxygen atoms in total. The highest BCUT2D eigenvalue weighted by atomic mass is 16.7. The van der Waals surface area contributed by atoms with Gasteiger partial charge in [0.25, 0.3) is 0 Å².